The Balaban J connectivity index is 1.75. The Morgan fingerprint density at radius 1 is 1.23 bits per heavy atom. The average Bonchev–Trinajstić information content (AvgIpc) is 3.27. The van der Waals surface area contributed by atoms with Crippen LogP contribution in [0.3, 0.4) is 0 Å². The molecule has 0 aliphatic carbocycles. The van der Waals surface area contributed by atoms with Crippen molar-refractivity contribution in [2.45, 2.75) is 46.1 Å². The fraction of sp³-hybridized carbons (Fsp3) is 0.458. The van der Waals surface area contributed by atoms with Gasteiger partial charge < -0.3 is 15.0 Å². The number of nitrogens with one attached hydrogen (secondary N) is 1. The number of hydrogen-bond acceptors (Lipinski definition) is 5. The standard InChI is InChI=1S/C24H30N2O4S/c1-16(2)12-13-25-21(27)15-30-24(29)19-10-11-22(28)26(18-8-6-17(3)7-9-18)23(19)20-5-4-14-31-20/h4-9,14,16,19,23H,10-13,15H2,1-3H3,(H,25,27). The Bertz CT molecular complexity index is 893. The molecule has 6 nitrogen and oxygen atoms in total. The van der Waals surface area contributed by atoms with Crippen molar-refractivity contribution in [1.29, 1.82) is 0 Å². The monoisotopic (exact) mass is 442 g/mol. The number of anilines is 1. The van der Waals surface area contributed by atoms with E-state index < -0.39 is 17.9 Å². The van der Waals surface area contributed by atoms with Crippen LogP contribution < -0.4 is 10.2 Å². The van der Waals surface area contributed by atoms with Gasteiger partial charge in [0.15, 0.2) is 6.61 Å². The zero-order chi connectivity index (χ0) is 22.4. The number of amides is 2. The number of benzene rings is 1. The van der Waals surface area contributed by atoms with Crippen LogP contribution in [0.5, 0.6) is 0 Å². The molecule has 7 heteroatoms. The highest BCUT2D eigenvalue weighted by Crippen LogP contribution is 2.42. The lowest BCUT2D eigenvalue weighted by Gasteiger charge is -2.39. The van der Waals surface area contributed by atoms with Crippen LogP contribution >= 0.6 is 11.3 Å². The van der Waals surface area contributed by atoms with Gasteiger partial charge in [-0.1, -0.05) is 37.6 Å². The first-order valence-corrected chi connectivity index (χ1v) is 11.6. The van der Waals surface area contributed by atoms with E-state index in [-0.39, 0.29) is 24.8 Å². The van der Waals surface area contributed by atoms with Gasteiger partial charge in [-0.15, -0.1) is 11.3 Å². The number of hydrogen-bond donors (Lipinski definition) is 1. The van der Waals surface area contributed by atoms with Crippen LogP contribution in [0.1, 0.15) is 49.6 Å². The molecule has 31 heavy (non-hydrogen) atoms. The Labute approximate surface area is 187 Å². The van der Waals surface area contributed by atoms with Crippen molar-refractivity contribution < 1.29 is 19.1 Å². The molecule has 1 aromatic heterocycles. The van der Waals surface area contributed by atoms with Crippen LogP contribution in [-0.2, 0) is 19.1 Å². The van der Waals surface area contributed by atoms with E-state index in [9.17, 15) is 14.4 Å². The number of nitrogens with zero attached hydrogens (tertiary/aromatic N) is 1. The molecule has 0 spiro atoms. The molecule has 1 aliphatic heterocycles. The van der Waals surface area contributed by atoms with E-state index in [1.165, 1.54) is 11.3 Å². The minimum Gasteiger partial charge on any atom is -0.455 e. The van der Waals surface area contributed by atoms with Crippen molar-refractivity contribution in [1.82, 2.24) is 5.32 Å². The predicted molar refractivity (Wildman–Crippen MR) is 122 cm³/mol. The number of ether oxygens (including phenoxy) is 1. The topological polar surface area (TPSA) is 75.7 Å². The van der Waals surface area contributed by atoms with E-state index in [1.807, 2.05) is 48.7 Å². The van der Waals surface area contributed by atoms with Gasteiger partial charge in [0.2, 0.25) is 5.91 Å². The molecular formula is C24H30N2O4S. The van der Waals surface area contributed by atoms with Crippen molar-refractivity contribution >= 4 is 34.8 Å². The SMILES string of the molecule is Cc1ccc(N2C(=O)CCC(C(=O)OCC(=O)NCCC(C)C)C2c2cccs2)cc1. The molecule has 1 saturated heterocycles. The number of carbonyl (C=O) groups excluding carboxylic acids is 3. The second kappa shape index (κ2) is 10.6. The summed E-state index contributed by atoms with van der Waals surface area (Å²) in [6, 6.07) is 11.1. The Morgan fingerprint density at radius 2 is 1.97 bits per heavy atom. The minimum absolute atomic E-state index is 0.0160. The first-order chi connectivity index (χ1) is 14.9. The summed E-state index contributed by atoms with van der Waals surface area (Å²) in [7, 11) is 0. The van der Waals surface area contributed by atoms with Gasteiger partial charge in [0.25, 0.3) is 5.91 Å². The summed E-state index contributed by atoms with van der Waals surface area (Å²) in [5.74, 6) is -0.799. The molecule has 2 heterocycles. The van der Waals surface area contributed by atoms with E-state index in [0.717, 1.165) is 22.5 Å². The number of carbonyl (C=O) groups is 3. The maximum atomic E-state index is 13.0. The molecule has 0 bridgehead atoms. The van der Waals surface area contributed by atoms with Gasteiger partial charge in [0.1, 0.15) is 0 Å². The molecule has 2 unspecified atom stereocenters. The van der Waals surface area contributed by atoms with Gasteiger partial charge in [-0.25, -0.2) is 0 Å². The second-order valence-electron chi connectivity index (χ2n) is 8.34. The fourth-order valence-corrected chi connectivity index (χ4v) is 4.61. The summed E-state index contributed by atoms with van der Waals surface area (Å²) < 4.78 is 5.38. The van der Waals surface area contributed by atoms with Crippen LogP contribution in [0, 0.1) is 18.8 Å². The highest BCUT2D eigenvalue weighted by Gasteiger charge is 2.42. The highest BCUT2D eigenvalue weighted by atomic mass is 32.1. The van der Waals surface area contributed by atoms with Crippen molar-refractivity contribution in [2.24, 2.45) is 11.8 Å². The fourth-order valence-electron chi connectivity index (χ4n) is 3.73. The molecule has 1 fully saturated rings. The zero-order valence-corrected chi connectivity index (χ0v) is 19.1. The molecule has 1 N–H and O–H groups in total. The van der Waals surface area contributed by atoms with Crippen molar-refractivity contribution in [3.8, 4) is 0 Å². The lowest BCUT2D eigenvalue weighted by atomic mass is 9.87. The van der Waals surface area contributed by atoms with E-state index in [2.05, 4.69) is 19.2 Å². The quantitative estimate of drug-likeness (QED) is 0.620. The van der Waals surface area contributed by atoms with Crippen molar-refractivity contribution in [2.75, 3.05) is 18.1 Å². The maximum Gasteiger partial charge on any atom is 0.311 e. The molecule has 0 radical (unpaired) electrons. The molecular weight excluding hydrogens is 412 g/mol. The Kier molecular flexibility index (Phi) is 7.85. The lowest BCUT2D eigenvalue weighted by Crippen LogP contribution is -2.46. The average molecular weight is 443 g/mol. The van der Waals surface area contributed by atoms with Gasteiger partial charge in [-0.05, 0) is 49.3 Å². The van der Waals surface area contributed by atoms with Crippen LogP contribution in [-0.4, -0.2) is 30.9 Å². The first kappa shape index (κ1) is 23.0. The smallest absolute Gasteiger partial charge is 0.311 e. The number of rotatable bonds is 8. The minimum atomic E-state index is -0.527. The molecule has 3 rings (SSSR count). The summed E-state index contributed by atoms with van der Waals surface area (Å²) in [6.07, 6.45) is 1.53. The van der Waals surface area contributed by atoms with E-state index >= 15 is 0 Å². The molecule has 1 aromatic carbocycles. The summed E-state index contributed by atoms with van der Waals surface area (Å²) >= 11 is 1.51. The van der Waals surface area contributed by atoms with Crippen molar-refractivity contribution in [3.05, 3.63) is 52.2 Å². The third-order valence-electron chi connectivity index (χ3n) is 5.44. The first-order valence-electron chi connectivity index (χ1n) is 10.7. The van der Waals surface area contributed by atoms with Gasteiger partial charge >= 0.3 is 5.97 Å². The van der Waals surface area contributed by atoms with Crippen molar-refractivity contribution in [3.63, 3.8) is 0 Å². The van der Waals surface area contributed by atoms with Crippen LogP contribution in [0.25, 0.3) is 0 Å². The third-order valence-corrected chi connectivity index (χ3v) is 6.38. The normalized spacial score (nSPS) is 18.8. The Hall–Kier alpha value is -2.67. The van der Waals surface area contributed by atoms with E-state index in [1.54, 1.807) is 4.90 Å². The van der Waals surface area contributed by atoms with Crippen LogP contribution in [0.15, 0.2) is 41.8 Å². The van der Waals surface area contributed by atoms with Gasteiger partial charge in [-0.3, -0.25) is 14.4 Å². The lowest BCUT2D eigenvalue weighted by molar-refractivity contribution is -0.154. The number of piperidine rings is 1. The summed E-state index contributed by atoms with van der Waals surface area (Å²) in [4.78, 5) is 40.6. The highest BCUT2D eigenvalue weighted by molar-refractivity contribution is 7.10. The van der Waals surface area contributed by atoms with Gasteiger partial charge in [0.05, 0.1) is 12.0 Å². The Morgan fingerprint density at radius 3 is 2.61 bits per heavy atom. The van der Waals surface area contributed by atoms with Gasteiger partial charge in [0, 0.05) is 23.5 Å². The van der Waals surface area contributed by atoms with Crippen LogP contribution in [0.2, 0.25) is 0 Å². The molecule has 2 aromatic rings. The second-order valence-corrected chi connectivity index (χ2v) is 9.32. The molecule has 2 atom stereocenters. The third kappa shape index (κ3) is 5.94. The molecule has 166 valence electrons. The zero-order valence-electron chi connectivity index (χ0n) is 18.3. The molecule has 1 aliphatic rings. The number of aryl methyl sites for hydroxylation is 1. The number of esters is 1. The summed E-state index contributed by atoms with van der Waals surface area (Å²) in [6.45, 7) is 6.42. The molecule has 0 saturated carbocycles. The van der Waals surface area contributed by atoms with E-state index in [4.69, 9.17) is 4.74 Å². The maximum absolute atomic E-state index is 13.0. The summed E-state index contributed by atoms with van der Waals surface area (Å²) in [5.41, 5.74) is 1.86. The number of thiophene rings is 1. The van der Waals surface area contributed by atoms with Gasteiger partial charge in [-0.2, -0.15) is 0 Å². The van der Waals surface area contributed by atoms with E-state index in [0.29, 0.717) is 18.9 Å². The largest absolute Gasteiger partial charge is 0.455 e. The predicted octanol–water partition coefficient (Wildman–Crippen LogP) is 4.25. The van der Waals surface area contributed by atoms with Crippen LogP contribution in [0.4, 0.5) is 5.69 Å². The molecule has 2 amide bonds. The summed E-state index contributed by atoms with van der Waals surface area (Å²) in [5, 5.41) is 4.72.